The maximum Gasteiger partial charge on any atom is 0.137 e. The van der Waals surface area contributed by atoms with Gasteiger partial charge in [-0.15, -0.1) is 0 Å². The predicted octanol–water partition coefficient (Wildman–Crippen LogP) is 1.36. The van der Waals surface area contributed by atoms with Gasteiger partial charge in [-0.2, -0.15) is 5.26 Å². The van der Waals surface area contributed by atoms with E-state index in [1.165, 1.54) is 6.33 Å². The molecule has 0 atom stereocenters. The number of anilines is 2. The fourth-order valence-corrected chi connectivity index (χ4v) is 1.63. The zero-order chi connectivity index (χ0) is 12.0. The Labute approximate surface area is 95.9 Å². The Morgan fingerprint density at radius 1 is 1.44 bits per heavy atom. The van der Waals surface area contributed by atoms with E-state index in [0.29, 0.717) is 18.8 Å². The minimum Gasteiger partial charge on any atom is -0.383 e. The highest BCUT2D eigenvalue weighted by Crippen LogP contribution is 2.21. The number of hydrogen-bond acceptors (Lipinski definition) is 5. The van der Waals surface area contributed by atoms with Gasteiger partial charge in [0.2, 0.25) is 0 Å². The summed E-state index contributed by atoms with van der Waals surface area (Å²) in [5.41, 5.74) is 6.77. The number of nitriles is 1. The Kier molecular flexibility index (Phi) is 4.52. The predicted molar refractivity (Wildman–Crippen MR) is 63.9 cm³/mol. The maximum absolute atomic E-state index is 8.60. The monoisotopic (exact) mass is 219 g/mol. The summed E-state index contributed by atoms with van der Waals surface area (Å²) in [6, 6.07) is 2.14. The van der Waals surface area contributed by atoms with Gasteiger partial charge < -0.3 is 10.6 Å². The molecule has 0 radical (unpaired) electrons. The van der Waals surface area contributed by atoms with Crippen LogP contribution in [0, 0.1) is 11.3 Å². The fourth-order valence-electron chi connectivity index (χ4n) is 1.63. The molecule has 0 saturated heterocycles. The van der Waals surface area contributed by atoms with Crippen LogP contribution in [0.1, 0.15) is 25.8 Å². The van der Waals surface area contributed by atoms with Crippen molar-refractivity contribution in [2.24, 2.45) is 0 Å². The van der Waals surface area contributed by atoms with Crippen molar-refractivity contribution < 1.29 is 0 Å². The third kappa shape index (κ3) is 2.60. The molecule has 0 bridgehead atoms. The van der Waals surface area contributed by atoms with Crippen molar-refractivity contribution in [1.82, 2.24) is 9.97 Å². The van der Waals surface area contributed by atoms with Crippen molar-refractivity contribution in [3.63, 3.8) is 0 Å². The first-order valence-corrected chi connectivity index (χ1v) is 5.45. The first-order valence-electron chi connectivity index (χ1n) is 5.45. The van der Waals surface area contributed by atoms with E-state index in [1.807, 2.05) is 13.8 Å². The number of hydrogen-bond donors (Lipinski definition) is 1. The van der Waals surface area contributed by atoms with Crippen LogP contribution in [0.2, 0.25) is 0 Å². The maximum atomic E-state index is 8.60. The van der Waals surface area contributed by atoms with Crippen molar-refractivity contribution in [2.75, 3.05) is 23.7 Å². The van der Waals surface area contributed by atoms with Crippen molar-refractivity contribution in [1.29, 1.82) is 5.26 Å². The van der Waals surface area contributed by atoms with E-state index >= 15 is 0 Å². The topological polar surface area (TPSA) is 78.8 Å². The van der Waals surface area contributed by atoms with Crippen LogP contribution in [0.5, 0.6) is 0 Å². The largest absolute Gasteiger partial charge is 0.383 e. The Bertz CT molecular complexity index is 382. The van der Waals surface area contributed by atoms with Crippen LogP contribution in [0.4, 0.5) is 11.6 Å². The van der Waals surface area contributed by atoms with E-state index in [0.717, 1.165) is 24.3 Å². The van der Waals surface area contributed by atoms with Crippen molar-refractivity contribution in [3.05, 3.63) is 11.9 Å². The molecule has 0 amide bonds. The smallest absolute Gasteiger partial charge is 0.137 e. The van der Waals surface area contributed by atoms with Gasteiger partial charge in [0.1, 0.15) is 18.0 Å². The molecule has 0 aliphatic rings. The van der Waals surface area contributed by atoms with Crippen LogP contribution < -0.4 is 10.6 Å². The van der Waals surface area contributed by atoms with E-state index in [4.69, 9.17) is 11.0 Å². The molecule has 5 nitrogen and oxygen atoms in total. The van der Waals surface area contributed by atoms with E-state index in [9.17, 15) is 0 Å². The molecule has 1 rings (SSSR count). The lowest BCUT2D eigenvalue weighted by Crippen LogP contribution is -2.26. The highest BCUT2D eigenvalue weighted by Gasteiger charge is 2.12. The van der Waals surface area contributed by atoms with Crippen molar-refractivity contribution in [3.8, 4) is 6.07 Å². The summed E-state index contributed by atoms with van der Waals surface area (Å²) in [4.78, 5) is 10.3. The summed E-state index contributed by atoms with van der Waals surface area (Å²) in [5.74, 6) is 1.38. The van der Waals surface area contributed by atoms with Gasteiger partial charge in [-0.05, 0) is 13.3 Å². The summed E-state index contributed by atoms with van der Waals surface area (Å²) in [5, 5.41) is 8.60. The first-order chi connectivity index (χ1) is 7.74. The lowest BCUT2D eigenvalue weighted by Gasteiger charge is -2.23. The van der Waals surface area contributed by atoms with E-state index in [-0.39, 0.29) is 0 Å². The standard InChI is InChI=1S/C11H17N5/c1-3-9-10(13)14-8-15-11(9)16(4-2)7-5-6-12/h8H,3-5,7H2,1-2H3,(H2,13,14,15). The Morgan fingerprint density at radius 3 is 2.75 bits per heavy atom. The lowest BCUT2D eigenvalue weighted by molar-refractivity contribution is 0.798. The number of rotatable bonds is 5. The molecule has 0 aliphatic carbocycles. The molecule has 0 aromatic carbocycles. The number of aromatic nitrogens is 2. The molecule has 0 aliphatic heterocycles. The van der Waals surface area contributed by atoms with Crippen LogP contribution in [0.3, 0.4) is 0 Å². The third-order valence-corrected chi connectivity index (χ3v) is 2.48. The number of nitrogen functional groups attached to an aromatic ring is 1. The molecule has 2 N–H and O–H groups in total. The van der Waals surface area contributed by atoms with Gasteiger partial charge in [0.25, 0.3) is 0 Å². The molecular weight excluding hydrogens is 202 g/mol. The molecule has 5 heteroatoms. The third-order valence-electron chi connectivity index (χ3n) is 2.48. The van der Waals surface area contributed by atoms with Gasteiger partial charge in [-0.25, -0.2) is 9.97 Å². The zero-order valence-corrected chi connectivity index (χ0v) is 9.77. The minimum absolute atomic E-state index is 0.487. The van der Waals surface area contributed by atoms with Crippen LogP contribution in [-0.2, 0) is 6.42 Å². The molecule has 0 saturated carbocycles. The molecule has 1 heterocycles. The fraction of sp³-hybridized carbons (Fsp3) is 0.545. The highest BCUT2D eigenvalue weighted by molar-refractivity contribution is 5.56. The first kappa shape index (κ1) is 12.2. The highest BCUT2D eigenvalue weighted by atomic mass is 15.2. The summed E-state index contributed by atoms with van der Waals surface area (Å²) in [7, 11) is 0. The summed E-state index contributed by atoms with van der Waals surface area (Å²) in [6.07, 6.45) is 2.75. The zero-order valence-electron chi connectivity index (χ0n) is 9.77. The van der Waals surface area contributed by atoms with Crippen LogP contribution in [-0.4, -0.2) is 23.1 Å². The Balaban J connectivity index is 3.00. The quantitative estimate of drug-likeness (QED) is 0.809. The average molecular weight is 219 g/mol. The SMILES string of the molecule is CCc1c(N)ncnc1N(CC)CCC#N. The normalized spacial score (nSPS) is 9.81. The second kappa shape index (κ2) is 5.91. The van der Waals surface area contributed by atoms with Crippen molar-refractivity contribution in [2.45, 2.75) is 26.7 Å². The van der Waals surface area contributed by atoms with E-state index in [1.54, 1.807) is 0 Å². The minimum atomic E-state index is 0.487. The van der Waals surface area contributed by atoms with Gasteiger partial charge in [-0.3, -0.25) is 0 Å². The molecule has 0 fully saturated rings. The van der Waals surface area contributed by atoms with Gasteiger partial charge in [-0.1, -0.05) is 6.92 Å². The van der Waals surface area contributed by atoms with E-state index in [2.05, 4.69) is 20.9 Å². The van der Waals surface area contributed by atoms with Gasteiger partial charge in [0.15, 0.2) is 0 Å². The van der Waals surface area contributed by atoms with Crippen LogP contribution in [0.25, 0.3) is 0 Å². The Hall–Kier alpha value is -1.83. The molecule has 16 heavy (non-hydrogen) atoms. The number of nitrogens with zero attached hydrogens (tertiary/aromatic N) is 4. The van der Waals surface area contributed by atoms with Gasteiger partial charge in [0.05, 0.1) is 12.5 Å². The summed E-state index contributed by atoms with van der Waals surface area (Å²) < 4.78 is 0. The molecule has 86 valence electrons. The van der Waals surface area contributed by atoms with Crippen LogP contribution in [0.15, 0.2) is 6.33 Å². The molecule has 1 aromatic rings. The second-order valence-corrected chi connectivity index (χ2v) is 3.40. The van der Waals surface area contributed by atoms with Crippen molar-refractivity contribution >= 4 is 11.6 Å². The van der Waals surface area contributed by atoms with E-state index < -0.39 is 0 Å². The average Bonchev–Trinajstić information content (AvgIpc) is 2.30. The molecular formula is C11H17N5. The van der Waals surface area contributed by atoms with Gasteiger partial charge in [0, 0.05) is 18.7 Å². The van der Waals surface area contributed by atoms with Gasteiger partial charge >= 0.3 is 0 Å². The summed E-state index contributed by atoms with van der Waals surface area (Å²) >= 11 is 0. The van der Waals surface area contributed by atoms with Crippen LogP contribution >= 0.6 is 0 Å². The molecule has 1 aromatic heterocycles. The molecule has 0 spiro atoms. The second-order valence-electron chi connectivity index (χ2n) is 3.40. The molecule has 0 unspecified atom stereocenters. The number of nitrogens with two attached hydrogens (primary N) is 1. The Morgan fingerprint density at radius 2 is 2.19 bits per heavy atom. The summed E-state index contributed by atoms with van der Waals surface area (Å²) in [6.45, 7) is 5.55. The lowest BCUT2D eigenvalue weighted by atomic mass is 10.2.